The van der Waals surface area contributed by atoms with Gasteiger partial charge in [-0.25, -0.2) is 0 Å². The summed E-state index contributed by atoms with van der Waals surface area (Å²) in [4.78, 5) is 0. The number of hydrogen-bond acceptors (Lipinski definition) is 3. The second-order valence-corrected chi connectivity index (χ2v) is 5.50. The molecule has 0 aromatic heterocycles. The standard InChI is InChI=1S/C14H23NOS/c1-4-15-8-14(16)10-17-9-13-6-11(2)5-12(3)7-13/h5-7,14-16H,4,8-10H2,1-3H3. The summed E-state index contributed by atoms with van der Waals surface area (Å²) in [7, 11) is 0. The zero-order chi connectivity index (χ0) is 12.7. The van der Waals surface area contributed by atoms with Gasteiger partial charge in [-0.15, -0.1) is 0 Å². The molecular formula is C14H23NOS. The summed E-state index contributed by atoms with van der Waals surface area (Å²) in [5.74, 6) is 1.77. The SMILES string of the molecule is CCNCC(O)CSCc1cc(C)cc(C)c1. The maximum atomic E-state index is 9.68. The van der Waals surface area contributed by atoms with Crippen LogP contribution in [-0.4, -0.2) is 30.1 Å². The fourth-order valence-corrected chi connectivity index (χ4v) is 2.75. The molecule has 0 bridgehead atoms. The van der Waals surface area contributed by atoms with Gasteiger partial charge in [0.25, 0.3) is 0 Å². The largest absolute Gasteiger partial charge is 0.391 e. The Labute approximate surface area is 109 Å². The molecule has 0 aliphatic carbocycles. The summed E-state index contributed by atoms with van der Waals surface area (Å²) in [6, 6.07) is 6.63. The lowest BCUT2D eigenvalue weighted by Gasteiger charge is -2.11. The zero-order valence-corrected chi connectivity index (χ0v) is 11.8. The summed E-state index contributed by atoms with van der Waals surface area (Å²) in [5, 5.41) is 12.8. The first-order valence-electron chi connectivity index (χ1n) is 6.15. The minimum absolute atomic E-state index is 0.245. The summed E-state index contributed by atoms with van der Waals surface area (Å²) < 4.78 is 0. The lowest BCUT2D eigenvalue weighted by atomic mass is 10.1. The average Bonchev–Trinajstić information content (AvgIpc) is 2.25. The lowest BCUT2D eigenvalue weighted by molar-refractivity contribution is 0.197. The van der Waals surface area contributed by atoms with Crippen LogP contribution < -0.4 is 5.32 Å². The molecule has 1 unspecified atom stereocenters. The summed E-state index contributed by atoms with van der Waals surface area (Å²) in [6.45, 7) is 7.91. The van der Waals surface area contributed by atoms with Crippen molar-refractivity contribution in [2.75, 3.05) is 18.8 Å². The number of aliphatic hydroxyl groups is 1. The molecule has 0 saturated carbocycles. The topological polar surface area (TPSA) is 32.3 Å². The van der Waals surface area contributed by atoms with Gasteiger partial charge in [0.05, 0.1) is 6.10 Å². The molecule has 0 heterocycles. The number of benzene rings is 1. The van der Waals surface area contributed by atoms with E-state index in [1.54, 1.807) is 11.8 Å². The van der Waals surface area contributed by atoms with Gasteiger partial charge >= 0.3 is 0 Å². The molecule has 0 fully saturated rings. The van der Waals surface area contributed by atoms with E-state index in [2.05, 4.69) is 44.3 Å². The highest BCUT2D eigenvalue weighted by molar-refractivity contribution is 7.98. The van der Waals surface area contributed by atoms with Crippen molar-refractivity contribution in [1.82, 2.24) is 5.32 Å². The third-order valence-corrected chi connectivity index (χ3v) is 3.65. The molecule has 1 rings (SSSR count). The first kappa shape index (κ1) is 14.6. The van der Waals surface area contributed by atoms with E-state index in [-0.39, 0.29) is 6.10 Å². The molecule has 0 aliphatic heterocycles. The van der Waals surface area contributed by atoms with Gasteiger partial charge in [0.2, 0.25) is 0 Å². The van der Waals surface area contributed by atoms with E-state index in [1.165, 1.54) is 16.7 Å². The van der Waals surface area contributed by atoms with Crippen LogP contribution in [0.2, 0.25) is 0 Å². The molecule has 0 radical (unpaired) electrons. The van der Waals surface area contributed by atoms with Crippen molar-refractivity contribution in [3.8, 4) is 0 Å². The fraction of sp³-hybridized carbons (Fsp3) is 0.571. The lowest BCUT2D eigenvalue weighted by Crippen LogP contribution is -2.28. The van der Waals surface area contributed by atoms with E-state index in [0.717, 1.165) is 18.1 Å². The monoisotopic (exact) mass is 253 g/mol. The fourth-order valence-electron chi connectivity index (χ4n) is 1.84. The van der Waals surface area contributed by atoms with Gasteiger partial charge in [-0.2, -0.15) is 11.8 Å². The highest BCUT2D eigenvalue weighted by Gasteiger charge is 2.03. The van der Waals surface area contributed by atoms with Gasteiger partial charge in [0.1, 0.15) is 0 Å². The van der Waals surface area contributed by atoms with Crippen LogP contribution in [0.5, 0.6) is 0 Å². The molecule has 3 heteroatoms. The number of hydrogen-bond donors (Lipinski definition) is 2. The van der Waals surface area contributed by atoms with E-state index >= 15 is 0 Å². The van der Waals surface area contributed by atoms with Gasteiger partial charge in [-0.1, -0.05) is 36.2 Å². The Morgan fingerprint density at radius 1 is 1.24 bits per heavy atom. The van der Waals surface area contributed by atoms with Crippen molar-refractivity contribution >= 4 is 11.8 Å². The molecule has 0 saturated heterocycles. The third-order valence-electron chi connectivity index (χ3n) is 2.49. The highest BCUT2D eigenvalue weighted by atomic mass is 32.2. The van der Waals surface area contributed by atoms with Gasteiger partial charge in [0, 0.05) is 18.1 Å². The second-order valence-electron chi connectivity index (χ2n) is 4.47. The molecule has 1 aromatic rings. The molecule has 96 valence electrons. The molecule has 2 N–H and O–H groups in total. The molecule has 2 nitrogen and oxygen atoms in total. The average molecular weight is 253 g/mol. The quantitative estimate of drug-likeness (QED) is 0.783. The minimum Gasteiger partial charge on any atom is -0.391 e. The Kier molecular flexibility index (Phi) is 6.63. The molecule has 0 aliphatic rings. The van der Waals surface area contributed by atoms with Crippen LogP contribution in [-0.2, 0) is 5.75 Å². The summed E-state index contributed by atoms with van der Waals surface area (Å²) in [5.41, 5.74) is 3.98. The van der Waals surface area contributed by atoms with Gasteiger partial charge in [0.15, 0.2) is 0 Å². The number of aliphatic hydroxyl groups excluding tert-OH is 1. The molecular weight excluding hydrogens is 230 g/mol. The van der Waals surface area contributed by atoms with Gasteiger partial charge in [-0.3, -0.25) is 0 Å². The van der Waals surface area contributed by atoms with Crippen molar-refractivity contribution in [2.24, 2.45) is 0 Å². The maximum absolute atomic E-state index is 9.68. The van der Waals surface area contributed by atoms with Crippen molar-refractivity contribution in [2.45, 2.75) is 32.6 Å². The van der Waals surface area contributed by atoms with Crippen LogP contribution in [0, 0.1) is 13.8 Å². The van der Waals surface area contributed by atoms with Crippen LogP contribution in [0.3, 0.4) is 0 Å². The van der Waals surface area contributed by atoms with E-state index in [1.807, 2.05) is 0 Å². The van der Waals surface area contributed by atoms with Crippen molar-refractivity contribution in [1.29, 1.82) is 0 Å². The Hall–Kier alpha value is -0.510. The van der Waals surface area contributed by atoms with E-state index in [0.29, 0.717) is 6.54 Å². The van der Waals surface area contributed by atoms with Crippen LogP contribution in [0.15, 0.2) is 18.2 Å². The summed E-state index contributed by atoms with van der Waals surface area (Å²) >= 11 is 1.79. The number of likely N-dealkylation sites (N-methyl/N-ethyl adjacent to an activating group) is 1. The second kappa shape index (κ2) is 7.75. The molecule has 17 heavy (non-hydrogen) atoms. The number of nitrogens with one attached hydrogen (secondary N) is 1. The highest BCUT2D eigenvalue weighted by Crippen LogP contribution is 2.16. The molecule has 1 aromatic carbocycles. The number of thioether (sulfide) groups is 1. The molecule has 0 spiro atoms. The van der Waals surface area contributed by atoms with E-state index in [9.17, 15) is 5.11 Å². The van der Waals surface area contributed by atoms with E-state index < -0.39 is 0 Å². The Bertz CT molecular complexity index is 321. The van der Waals surface area contributed by atoms with Crippen molar-refractivity contribution in [3.63, 3.8) is 0 Å². The van der Waals surface area contributed by atoms with Crippen LogP contribution in [0.25, 0.3) is 0 Å². The minimum atomic E-state index is -0.245. The van der Waals surface area contributed by atoms with Crippen LogP contribution >= 0.6 is 11.8 Å². The number of rotatable bonds is 7. The normalized spacial score (nSPS) is 12.7. The smallest absolute Gasteiger partial charge is 0.0754 e. The summed E-state index contributed by atoms with van der Waals surface area (Å²) in [6.07, 6.45) is -0.245. The van der Waals surface area contributed by atoms with Crippen molar-refractivity contribution in [3.05, 3.63) is 34.9 Å². The maximum Gasteiger partial charge on any atom is 0.0754 e. The van der Waals surface area contributed by atoms with Crippen LogP contribution in [0.4, 0.5) is 0 Å². The first-order chi connectivity index (χ1) is 8.11. The van der Waals surface area contributed by atoms with E-state index in [4.69, 9.17) is 0 Å². The first-order valence-corrected chi connectivity index (χ1v) is 7.31. The molecule has 0 amide bonds. The Morgan fingerprint density at radius 3 is 2.47 bits per heavy atom. The Balaban J connectivity index is 2.30. The molecule has 1 atom stereocenters. The third kappa shape index (κ3) is 6.10. The van der Waals surface area contributed by atoms with Crippen LogP contribution in [0.1, 0.15) is 23.6 Å². The zero-order valence-electron chi connectivity index (χ0n) is 11.0. The van der Waals surface area contributed by atoms with Gasteiger partial charge in [-0.05, 0) is 26.0 Å². The predicted molar refractivity (Wildman–Crippen MR) is 76.6 cm³/mol. The predicted octanol–water partition coefficient (Wildman–Crippen LogP) is 2.51. The van der Waals surface area contributed by atoms with Crippen molar-refractivity contribution < 1.29 is 5.11 Å². The van der Waals surface area contributed by atoms with Gasteiger partial charge < -0.3 is 10.4 Å². The Morgan fingerprint density at radius 2 is 1.88 bits per heavy atom. The number of aryl methyl sites for hydroxylation is 2.